The molecule has 0 aliphatic carbocycles. The smallest absolute Gasteiger partial charge is 0.271 e. The fraction of sp³-hybridized carbons (Fsp3) is 0.471. The molecule has 2 aliphatic rings. The molecule has 2 saturated heterocycles. The van der Waals surface area contributed by atoms with Gasteiger partial charge in [-0.1, -0.05) is 11.6 Å². The van der Waals surface area contributed by atoms with Crippen LogP contribution in [0.5, 0.6) is 0 Å². The van der Waals surface area contributed by atoms with E-state index in [1.165, 1.54) is 12.1 Å². The summed E-state index contributed by atoms with van der Waals surface area (Å²) >= 11 is 6.28. The first-order chi connectivity index (χ1) is 12.3. The molecular weight excluding hydrogens is 381 g/mol. The number of piperazine rings is 1. The van der Waals surface area contributed by atoms with Gasteiger partial charge in [-0.05, 0) is 24.6 Å². The second-order valence-electron chi connectivity index (χ2n) is 6.89. The maximum Gasteiger partial charge on any atom is 0.271 e. The predicted molar refractivity (Wildman–Crippen MR) is 97.8 cm³/mol. The largest absolute Gasteiger partial charge is 0.349 e. The number of halogens is 2. The Morgan fingerprint density at radius 2 is 1.96 bits per heavy atom. The molecule has 1 aromatic carbocycles. The number of nitrogens with zero attached hydrogens (tertiary/aromatic N) is 2. The van der Waals surface area contributed by atoms with Gasteiger partial charge in [-0.3, -0.25) is 9.69 Å². The highest BCUT2D eigenvalue weighted by atomic mass is 35.5. The lowest BCUT2D eigenvalue weighted by atomic mass is 10.2. The summed E-state index contributed by atoms with van der Waals surface area (Å²) in [4.78, 5) is 19.6. The number of rotatable bonds is 2. The Morgan fingerprint density at radius 3 is 2.62 bits per heavy atom. The molecule has 3 heterocycles. The van der Waals surface area contributed by atoms with Gasteiger partial charge < -0.3 is 9.88 Å². The number of H-pyrrole nitrogens is 1. The van der Waals surface area contributed by atoms with Crippen molar-refractivity contribution in [1.82, 2.24) is 14.8 Å². The average Bonchev–Trinajstić information content (AvgIpc) is 3.14. The first-order valence-electron chi connectivity index (χ1n) is 8.54. The summed E-state index contributed by atoms with van der Waals surface area (Å²) in [5.41, 5.74) is 0.888. The molecule has 6 nitrogen and oxygen atoms in total. The molecule has 9 heteroatoms. The zero-order chi connectivity index (χ0) is 18.5. The van der Waals surface area contributed by atoms with E-state index in [-0.39, 0.29) is 34.2 Å². The van der Waals surface area contributed by atoms with Crippen LogP contribution in [0.15, 0.2) is 18.2 Å². The zero-order valence-corrected chi connectivity index (χ0v) is 15.6. The van der Waals surface area contributed by atoms with Gasteiger partial charge in [0.15, 0.2) is 9.84 Å². The number of hydrogen-bond acceptors (Lipinski definition) is 4. The standard InChI is InChI=1S/C17H19ClFN3O3S/c18-15-13-9-11(19)1-2-14(13)20-16(15)17(23)22-6-4-21(5-7-22)12-3-8-26(24,25)10-12/h1-2,9,12,20H,3-8,10H2. The second-order valence-corrected chi connectivity index (χ2v) is 9.50. The minimum Gasteiger partial charge on any atom is -0.349 e. The molecular formula is C17H19ClFN3O3S. The van der Waals surface area contributed by atoms with E-state index < -0.39 is 15.7 Å². The summed E-state index contributed by atoms with van der Waals surface area (Å²) < 4.78 is 36.7. The highest BCUT2D eigenvalue weighted by molar-refractivity contribution is 7.91. The normalized spacial score (nSPS) is 23.6. The number of aromatic amines is 1. The number of hydrogen-bond donors (Lipinski definition) is 1. The lowest BCUT2D eigenvalue weighted by molar-refractivity contribution is 0.0583. The van der Waals surface area contributed by atoms with Gasteiger partial charge in [0, 0.05) is 43.1 Å². The van der Waals surface area contributed by atoms with Crippen LogP contribution in [0.4, 0.5) is 4.39 Å². The predicted octanol–water partition coefficient (Wildman–Crippen LogP) is 1.91. The van der Waals surface area contributed by atoms with Crippen LogP contribution in [0.1, 0.15) is 16.9 Å². The third kappa shape index (κ3) is 3.21. The molecule has 0 spiro atoms. The van der Waals surface area contributed by atoms with Crippen molar-refractivity contribution >= 4 is 38.2 Å². The van der Waals surface area contributed by atoms with Crippen LogP contribution in [-0.2, 0) is 9.84 Å². The number of carbonyl (C=O) groups is 1. The number of fused-ring (bicyclic) bond motifs is 1. The van der Waals surface area contributed by atoms with Crippen molar-refractivity contribution in [3.63, 3.8) is 0 Å². The van der Waals surface area contributed by atoms with Crippen molar-refractivity contribution in [2.45, 2.75) is 12.5 Å². The Hall–Kier alpha value is -1.64. The van der Waals surface area contributed by atoms with Crippen molar-refractivity contribution in [2.75, 3.05) is 37.7 Å². The molecule has 0 bridgehead atoms. The first kappa shape index (κ1) is 17.8. The van der Waals surface area contributed by atoms with Crippen molar-refractivity contribution in [1.29, 1.82) is 0 Å². The average molecular weight is 400 g/mol. The highest BCUT2D eigenvalue weighted by Gasteiger charge is 2.35. The van der Waals surface area contributed by atoms with E-state index in [4.69, 9.17) is 11.6 Å². The minimum absolute atomic E-state index is 0.0527. The fourth-order valence-electron chi connectivity index (χ4n) is 3.79. The Morgan fingerprint density at radius 1 is 1.23 bits per heavy atom. The van der Waals surface area contributed by atoms with Gasteiger partial charge in [-0.25, -0.2) is 12.8 Å². The van der Waals surface area contributed by atoms with Crippen molar-refractivity contribution in [3.8, 4) is 0 Å². The van der Waals surface area contributed by atoms with Crippen LogP contribution < -0.4 is 0 Å². The summed E-state index contributed by atoms with van der Waals surface area (Å²) in [6.07, 6.45) is 0.662. The number of carbonyl (C=O) groups excluding carboxylic acids is 1. The van der Waals surface area contributed by atoms with Crippen molar-refractivity contribution in [2.24, 2.45) is 0 Å². The molecule has 1 unspecified atom stereocenters. The first-order valence-corrected chi connectivity index (χ1v) is 10.7. The molecule has 1 aromatic heterocycles. The van der Waals surface area contributed by atoms with Crippen LogP contribution in [0.25, 0.3) is 10.9 Å². The third-order valence-electron chi connectivity index (χ3n) is 5.24. The zero-order valence-electron chi connectivity index (χ0n) is 14.0. The molecule has 4 rings (SSSR count). The molecule has 140 valence electrons. The number of aromatic nitrogens is 1. The molecule has 0 radical (unpaired) electrons. The summed E-state index contributed by atoms with van der Waals surface area (Å²) in [5.74, 6) is -0.166. The molecule has 1 amide bonds. The van der Waals surface area contributed by atoms with Crippen molar-refractivity contribution < 1.29 is 17.6 Å². The topological polar surface area (TPSA) is 73.5 Å². The molecule has 2 fully saturated rings. The second kappa shape index (κ2) is 6.51. The quantitative estimate of drug-likeness (QED) is 0.837. The van der Waals surface area contributed by atoms with E-state index in [1.54, 1.807) is 11.0 Å². The summed E-state index contributed by atoms with van der Waals surface area (Å²) in [5, 5.41) is 0.721. The van der Waals surface area contributed by atoms with E-state index in [0.717, 1.165) is 0 Å². The maximum absolute atomic E-state index is 13.4. The number of amides is 1. The molecule has 2 aliphatic heterocycles. The van der Waals surface area contributed by atoms with Gasteiger partial charge in [0.2, 0.25) is 0 Å². The molecule has 1 N–H and O–H groups in total. The molecule has 2 aromatic rings. The van der Waals surface area contributed by atoms with E-state index in [1.807, 2.05) is 0 Å². The van der Waals surface area contributed by atoms with Gasteiger partial charge in [-0.15, -0.1) is 0 Å². The van der Waals surface area contributed by atoms with Gasteiger partial charge in [0.05, 0.1) is 16.5 Å². The number of nitrogens with one attached hydrogen (secondary N) is 1. The monoisotopic (exact) mass is 399 g/mol. The van der Waals surface area contributed by atoms with E-state index in [2.05, 4.69) is 9.88 Å². The fourth-order valence-corrected chi connectivity index (χ4v) is 5.84. The Bertz CT molecular complexity index is 967. The van der Waals surface area contributed by atoms with Crippen LogP contribution in [-0.4, -0.2) is 72.8 Å². The third-order valence-corrected chi connectivity index (χ3v) is 7.38. The Kier molecular flexibility index (Phi) is 4.45. The lowest BCUT2D eigenvalue weighted by Crippen LogP contribution is -2.52. The Labute approximate surface area is 155 Å². The van der Waals surface area contributed by atoms with Crippen LogP contribution in [0.3, 0.4) is 0 Å². The summed E-state index contributed by atoms with van der Waals surface area (Å²) in [6, 6.07) is 4.24. The number of benzene rings is 1. The minimum atomic E-state index is -2.92. The van der Waals surface area contributed by atoms with Gasteiger partial charge >= 0.3 is 0 Å². The summed E-state index contributed by atoms with van der Waals surface area (Å²) in [6.45, 7) is 2.29. The highest BCUT2D eigenvalue weighted by Crippen LogP contribution is 2.29. The molecule has 0 saturated carbocycles. The van der Waals surface area contributed by atoms with Crippen LogP contribution >= 0.6 is 11.6 Å². The van der Waals surface area contributed by atoms with Crippen molar-refractivity contribution in [3.05, 3.63) is 34.7 Å². The van der Waals surface area contributed by atoms with E-state index in [0.29, 0.717) is 43.5 Å². The van der Waals surface area contributed by atoms with E-state index in [9.17, 15) is 17.6 Å². The number of sulfone groups is 1. The molecule has 26 heavy (non-hydrogen) atoms. The summed E-state index contributed by atoms with van der Waals surface area (Å²) in [7, 11) is -2.92. The SMILES string of the molecule is O=C(c1[nH]c2ccc(F)cc2c1Cl)N1CCN(C2CCS(=O)(=O)C2)CC1. The maximum atomic E-state index is 13.4. The lowest BCUT2D eigenvalue weighted by Gasteiger charge is -2.37. The van der Waals surface area contributed by atoms with Crippen LogP contribution in [0.2, 0.25) is 5.02 Å². The van der Waals surface area contributed by atoms with Gasteiger partial charge in [-0.2, -0.15) is 0 Å². The van der Waals surface area contributed by atoms with Gasteiger partial charge in [0.1, 0.15) is 11.5 Å². The Balaban J connectivity index is 1.46. The van der Waals surface area contributed by atoms with Gasteiger partial charge in [0.25, 0.3) is 5.91 Å². The van der Waals surface area contributed by atoms with Crippen LogP contribution in [0, 0.1) is 5.82 Å². The van der Waals surface area contributed by atoms with E-state index >= 15 is 0 Å². The molecule has 1 atom stereocenters.